The third kappa shape index (κ3) is 2.70. The summed E-state index contributed by atoms with van der Waals surface area (Å²) in [6.45, 7) is 0. The summed E-state index contributed by atoms with van der Waals surface area (Å²) in [6.07, 6.45) is -1.82. The molecular weight excluding hydrogens is 219 g/mol. The molecule has 0 saturated heterocycles. The Labute approximate surface area is 89.6 Å². The van der Waals surface area contributed by atoms with Gasteiger partial charge in [0.1, 0.15) is 6.29 Å². The van der Waals surface area contributed by atoms with Gasteiger partial charge in [0.15, 0.2) is 0 Å². The van der Waals surface area contributed by atoms with E-state index in [-0.39, 0.29) is 11.1 Å². The van der Waals surface area contributed by atoms with E-state index in [2.05, 4.69) is 0 Å². The van der Waals surface area contributed by atoms with E-state index in [1.165, 1.54) is 6.08 Å². The number of hydrogen-bond donors (Lipinski definition) is 0. The van der Waals surface area contributed by atoms with Crippen molar-refractivity contribution in [3.05, 3.63) is 41.0 Å². The Bertz CT molecular complexity index is 469. The van der Waals surface area contributed by atoms with Crippen molar-refractivity contribution in [3.63, 3.8) is 0 Å². The van der Waals surface area contributed by atoms with Crippen molar-refractivity contribution in [2.45, 2.75) is 6.18 Å². The number of halogens is 3. The van der Waals surface area contributed by atoms with Crippen LogP contribution in [0, 0.1) is 11.3 Å². The predicted octanol–water partition coefficient (Wildman–Crippen LogP) is 2.79. The lowest BCUT2D eigenvalue weighted by atomic mass is 10.0. The molecule has 0 aliphatic rings. The minimum Gasteiger partial charge on any atom is -0.299 e. The highest BCUT2D eigenvalue weighted by molar-refractivity contribution is 5.75. The Balaban J connectivity index is 3.28. The van der Waals surface area contributed by atoms with E-state index in [0.717, 1.165) is 24.3 Å². The third-order valence-electron chi connectivity index (χ3n) is 1.85. The minimum absolute atomic E-state index is 0.0735. The maximum Gasteiger partial charge on any atom is 0.416 e. The number of nitriles is 1. The summed E-state index contributed by atoms with van der Waals surface area (Å²) in [4.78, 5) is 10.1. The first kappa shape index (κ1) is 12.0. The summed E-state index contributed by atoms with van der Waals surface area (Å²) in [7, 11) is 0. The lowest BCUT2D eigenvalue weighted by Crippen LogP contribution is -2.05. The van der Waals surface area contributed by atoms with Crippen LogP contribution in [0.5, 0.6) is 0 Å². The third-order valence-corrected chi connectivity index (χ3v) is 1.85. The largest absolute Gasteiger partial charge is 0.416 e. The predicted molar refractivity (Wildman–Crippen MR) is 51.3 cm³/mol. The number of alkyl halides is 3. The number of aldehydes is 1. The Kier molecular flexibility index (Phi) is 3.46. The molecule has 0 saturated carbocycles. The van der Waals surface area contributed by atoms with Crippen molar-refractivity contribution in [2.75, 3.05) is 0 Å². The fraction of sp³-hybridized carbons (Fsp3) is 0.0909. The van der Waals surface area contributed by atoms with E-state index < -0.39 is 11.7 Å². The molecule has 0 fully saturated rings. The van der Waals surface area contributed by atoms with Gasteiger partial charge in [-0.1, -0.05) is 6.08 Å². The molecule has 0 N–H and O–H groups in total. The smallest absolute Gasteiger partial charge is 0.299 e. The quantitative estimate of drug-likeness (QED) is 0.573. The first-order valence-electron chi connectivity index (χ1n) is 4.22. The van der Waals surface area contributed by atoms with Gasteiger partial charge in [-0.15, -0.1) is 0 Å². The van der Waals surface area contributed by atoms with Gasteiger partial charge in [-0.3, -0.25) is 4.79 Å². The topological polar surface area (TPSA) is 40.9 Å². The highest BCUT2D eigenvalue weighted by atomic mass is 19.4. The van der Waals surface area contributed by atoms with Crippen molar-refractivity contribution < 1.29 is 18.0 Å². The molecule has 1 aromatic carbocycles. The summed E-state index contributed by atoms with van der Waals surface area (Å²) < 4.78 is 37.0. The molecule has 0 aliphatic heterocycles. The van der Waals surface area contributed by atoms with Crippen LogP contribution in [-0.2, 0) is 11.0 Å². The lowest BCUT2D eigenvalue weighted by Gasteiger charge is -2.07. The fourth-order valence-corrected chi connectivity index (χ4v) is 1.12. The highest BCUT2D eigenvalue weighted by Crippen LogP contribution is 2.30. The maximum absolute atomic E-state index is 12.3. The Morgan fingerprint density at radius 2 is 2.00 bits per heavy atom. The average molecular weight is 225 g/mol. The summed E-state index contributed by atoms with van der Waals surface area (Å²) >= 11 is 0. The molecule has 0 atom stereocenters. The van der Waals surface area contributed by atoms with Gasteiger partial charge in [0.05, 0.1) is 17.2 Å². The monoisotopic (exact) mass is 225 g/mol. The standard InChI is InChI=1S/C11H6F3NO/c12-11(13,14)10-4-3-9(7-15)8(6-10)2-1-5-16/h1-6H. The van der Waals surface area contributed by atoms with Crippen LogP contribution in [0.15, 0.2) is 24.3 Å². The molecule has 0 aromatic heterocycles. The zero-order chi connectivity index (χ0) is 12.2. The van der Waals surface area contributed by atoms with Gasteiger partial charge in [-0.05, 0) is 29.8 Å². The van der Waals surface area contributed by atoms with Gasteiger partial charge in [0.25, 0.3) is 0 Å². The van der Waals surface area contributed by atoms with E-state index in [4.69, 9.17) is 5.26 Å². The molecule has 2 nitrogen and oxygen atoms in total. The first-order chi connectivity index (χ1) is 7.49. The number of rotatable bonds is 2. The van der Waals surface area contributed by atoms with Crippen LogP contribution in [0.1, 0.15) is 16.7 Å². The van der Waals surface area contributed by atoms with Gasteiger partial charge in [0, 0.05) is 0 Å². The SMILES string of the molecule is N#Cc1ccc(C(F)(F)F)cc1C=CC=O. The van der Waals surface area contributed by atoms with E-state index in [9.17, 15) is 18.0 Å². The van der Waals surface area contributed by atoms with Gasteiger partial charge >= 0.3 is 6.18 Å². The lowest BCUT2D eigenvalue weighted by molar-refractivity contribution is -0.137. The fourth-order valence-electron chi connectivity index (χ4n) is 1.12. The van der Waals surface area contributed by atoms with E-state index in [1.54, 1.807) is 6.07 Å². The molecule has 0 heterocycles. The second kappa shape index (κ2) is 4.62. The molecule has 1 rings (SSSR count). The van der Waals surface area contributed by atoms with E-state index >= 15 is 0 Å². The van der Waals surface area contributed by atoms with Crippen LogP contribution in [0.3, 0.4) is 0 Å². The van der Waals surface area contributed by atoms with Crippen LogP contribution >= 0.6 is 0 Å². The normalized spacial score (nSPS) is 11.4. The van der Waals surface area contributed by atoms with Crippen molar-refractivity contribution >= 4 is 12.4 Å². The van der Waals surface area contributed by atoms with E-state index in [1.807, 2.05) is 0 Å². The molecule has 1 aromatic rings. The van der Waals surface area contributed by atoms with E-state index in [0.29, 0.717) is 6.29 Å². The molecule has 0 radical (unpaired) electrons. The molecule has 16 heavy (non-hydrogen) atoms. The zero-order valence-corrected chi connectivity index (χ0v) is 7.95. The highest BCUT2D eigenvalue weighted by Gasteiger charge is 2.30. The molecule has 0 amide bonds. The Morgan fingerprint density at radius 3 is 2.50 bits per heavy atom. The molecule has 0 unspecified atom stereocenters. The van der Waals surface area contributed by atoms with Gasteiger partial charge < -0.3 is 0 Å². The molecule has 0 spiro atoms. The zero-order valence-electron chi connectivity index (χ0n) is 7.95. The summed E-state index contributed by atoms with van der Waals surface area (Å²) in [5.74, 6) is 0. The second-order valence-electron chi connectivity index (χ2n) is 2.91. The number of carbonyl (C=O) groups is 1. The van der Waals surface area contributed by atoms with Gasteiger partial charge in [-0.25, -0.2) is 0 Å². The Morgan fingerprint density at radius 1 is 1.31 bits per heavy atom. The second-order valence-corrected chi connectivity index (χ2v) is 2.91. The van der Waals surface area contributed by atoms with Crippen molar-refractivity contribution in [1.29, 1.82) is 5.26 Å². The molecule has 0 aliphatic carbocycles. The van der Waals surface area contributed by atoms with Crippen LogP contribution in [0.25, 0.3) is 6.08 Å². The number of benzene rings is 1. The average Bonchev–Trinajstić information content (AvgIpc) is 2.24. The van der Waals surface area contributed by atoms with Crippen molar-refractivity contribution in [2.24, 2.45) is 0 Å². The van der Waals surface area contributed by atoms with Crippen LogP contribution < -0.4 is 0 Å². The van der Waals surface area contributed by atoms with Crippen molar-refractivity contribution in [1.82, 2.24) is 0 Å². The molecular formula is C11H6F3NO. The van der Waals surface area contributed by atoms with Crippen LogP contribution in [0.4, 0.5) is 13.2 Å². The molecule has 5 heteroatoms. The molecule has 82 valence electrons. The minimum atomic E-state index is -4.46. The molecule has 0 bridgehead atoms. The van der Waals surface area contributed by atoms with Gasteiger partial charge in [-0.2, -0.15) is 18.4 Å². The first-order valence-corrected chi connectivity index (χ1v) is 4.22. The van der Waals surface area contributed by atoms with Gasteiger partial charge in [0.2, 0.25) is 0 Å². The van der Waals surface area contributed by atoms with Crippen molar-refractivity contribution in [3.8, 4) is 6.07 Å². The number of nitrogens with zero attached hydrogens (tertiary/aromatic N) is 1. The number of hydrogen-bond acceptors (Lipinski definition) is 2. The number of carbonyl (C=O) groups excluding carboxylic acids is 1. The van der Waals surface area contributed by atoms with Crippen LogP contribution in [-0.4, -0.2) is 6.29 Å². The van der Waals surface area contributed by atoms with Crippen LogP contribution in [0.2, 0.25) is 0 Å². The number of allylic oxidation sites excluding steroid dienone is 1. The summed E-state index contributed by atoms with van der Waals surface area (Å²) in [5.41, 5.74) is -0.687. The maximum atomic E-state index is 12.3. The summed E-state index contributed by atoms with van der Waals surface area (Å²) in [5, 5.41) is 8.66. The Hall–Kier alpha value is -2.09. The summed E-state index contributed by atoms with van der Waals surface area (Å²) in [6, 6.07) is 4.49.